The molecule has 0 aliphatic heterocycles. The third kappa shape index (κ3) is 22.0. The number of carbonyl (C=O) groups is 6. The molecule has 0 fully saturated rings. The van der Waals surface area contributed by atoms with Gasteiger partial charge in [0, 0.05) is 6.07 Å². The number of fused-ring (bicyclic) bond motifs is 1. The normalized spacial score (nSPS) is 12.3. The standard InChI is InChI=1S/C61H78Cl2N4O12/c1-5-7-9-11-13-15-17-19-21-26-36-74-58(70)43(3)77-60(72)46-33-35-51(63)53(39-46)66-57(69)55(67-54-40-47(31-32-48(54)41-64-67)61(73)78-49-28-24-23-25-29-49)56(68)65-52-38-45(30-34-50(52)62)42-76-79-44(4)59(71)75-37-27-22-20-18-16-14-12-10-8-6-2/h23-25,28-35,38-41,43-44,55H,5-22,26-27,36-37,42H2,1-4H3,(H2,65,66,68,69)/p+1. The molecule has 3 unspecified atom stereocenters. The highest BCUT2D eigenvalue weighted by Crippen LogP contribution is 2.28. The summed E-state index contributed by atoms with van der Waals surface area (Å²) in [5.41, 5.74) is 0.838. The van der Waals surface area contributed by atoms with Crippen molar-refractivity contribution in [1.82, 2.24) is 5.10 Å². The Kier molecular flexibility index (Phi) is 28.4. The molecule has 16 nitrogen and oxygen atoms in total. The second-order valence-corrected chi connectivity index (χ2v) is 20.6. The van der Waals surface area contributed by atoms with Gasteiger partial charge in [0.1, 0.15) is 12.4 Å². The van der Waals surface area contributed by atoms with Gasteiger partial charge in [-0.25, -0.2) is 29.0 Å². The molecule has 0 bridgehead atoms. The first-order valence-corrected chi connectivity index (χ1v) is 28.9. The Morgan fingerprint density at radius 1 is 0.557 bits per heavy atom. The van der Waals surface area contributed by atoms with Crippen molar-refractivity contribution >= 4 is 81.2 Å². The highest BCUT2D eigenvalue weighted by molar-refractivity contribution is 6.34. The van der Waals surface area contributed by atoms with Gasteiger partial charge >= 0.3 is 41.7 Å². The molecule has 3 N–H and O–H groups in total. The Morgan fingerprint density at radius 3 is 1.62 bits per heavy atom. The molecule has 1 aromatic heterocycles. The van der Waals surface area contributed by atoms with E-state index < -0.39 is 53.9 Å². The Hall–Kier alpha value is -6.33. The number of nitrogens with one attached hydrogen (secondary N) is 3. The third-order valence-electron chi connectivity index (χ3n) is 13.2. The zero-order valence-electron chi connectivity index (χ0n) is 46.3. The van der Waals surface area contributed by atoms with Crippen LogP contribution in [0.3, 0.4) is 0 Å². The molecule has 0 saturated carbocycles. The fourth-order valence-corrected chi connectivity index (χ4v) is 8.95. The molecular formula is C61H79Cl2N4O12+. The molecule has 3 atom stereocenters. The molecule has 428 valence electrons. The maximum atomic E-state index is 14.6. The number of halogens is 2. The molecule has 0 spiro atoms. The van der Waals surface area contributed by atoms with Gasteiger partial charge in [-0.2, -0.15) is 5.10 Å². The van der Waals surface area contributed by atoms with Crippen molar-refractivity contribution in [3.63, 3.8) is 0 Å². The van der Waals surface area contributed by atoms with E-state index in [-0.39, 0.29) is 57.9 Å². The molecule has 79 heavy (non-hydrogen) atoms. The van der Waals surface area contributed by atoms with E-state index in [1.807, 2.05) is 0 Å². The summed E-state index contributed by atoms with van der Waals surface area (Å²) in [5.74, 6) is -4.35. The molecular weight excluding hydrogens is 1050 g/mol. The van der Waals surface area contributed by atoms with Crippen LogP contribution in [0.25, 0.3) is 10.9 Å². The quantitative estimate of drug-likeness (QED) is 0.00497. The van der Waals surface area contributed by atoms with Gasteiger partial charge in [-0.15, -0.1) is 0 Å². The molecule has 0 aliphatic rings. The zero-order valence-corrected chi connectivity index (χ0v) is 47.8. The molecule has 5 rings (SSSR count). The number of nitrogens with zero attached hydrogens (tertiary/aromatic N) is 1. The van der Waals surface area contributed by atoms with Crippen LogP contribution in [-0.2, 0) is 49.8 Å². The Morgan fingerprint density at radius 2 is 1.05 bits per heavy atom. The van der Waals surface area contributed by atoms with Gasteiger partial charge < -0.3 is 29.6 Å². The SMILES string of the molecule is CCCCCCCCCCCCOC(=O)C(C)OOCc1ccc(Cl)c(NC(=O)C(C(=O)Nc2cc(C(=O)OC(C)C(=O)OCCCCCCCCCCCC)ccc2Cl)[n+]2[nH]cc3ccc(C(=O)Oc4ccccc4)cc32)c1. The van der Waals surface area contributed by atoms with Crippen LogP contribution in [0.4, 0.5) is 11.4 Å². The van der Waals surface area contributed by atoms with Gasteiger partial charge in [-0.3, -0.25) is 9.59 Å². The minimum Gasteiger partial charge on any atom is -0.464 e. The molecule has 5 aromatic rings. The summed E-state index contributed by atoms with van der Waals surface area (Å²) in [4.78, 5) is 92.2. The smallest absolute Gasteiger partial charge is 0.347 e. The van der Waals surface area contributed by atoms with Crippen LogP contribution in [0.15, 0.2) is 91.1 Å². The predicted molar refractivity (Wildman–Crippen MR) is 305 cm³/mol. The van der Waals surface area contributed by atoms with E-state index in [4.69, 9.17) is 51.9 Å². The van der Waals surface area contributed by atoms with Crippen molar-refractivity contribution in [2.75, 3.05) is 23.8 Å². The van der Waals surface area contributed by atoms with Crippen molar-refractivity contribution in [3.8, 4) is 5.75 Å². The predicted octanol–water partition coefficient (Wildman–Crippen LogP) is 14.1. The molecule has 18 heteroatoms. The number of H-pyrrole nitrogens is 1. The Labute approximate surface area is 474 Å². The number of carbonyl (C=O) groups excluding carboxylic acids is 6. The number of rotatable bonds is 37. The maximum absolute atomic E-state index is 14.6. The summed E-state index contributed by atoms with van der Waals surface area (Å²) in [5, 5.41) is 9.02. The molecule has 4 aromatic carbocycles. The van der Waals surface area contributed by atoms with Crippen LogP contribution in [0, 0.1) is 0 Å². The van der Waals surface area contributed by atoms with Crippen molar-refractivity contribution < 1.29 is 62.2 Å². The van der Waals surface area contributed by atoms with E-state index in [2.05, 4.69) is 29.6 Å². The van der Waals surface area contributed by atoms with Crippen molar-refractivity contribution in [1.29, 1.82) is 0 Å². The number of hydrogen-bond donors (Lipinski definition) is 3. The first-order chi connectivity index (χ1) is 38.3. The van der Waals surface area contributed by atoms with E-state index in [1.54, 1.807) is 54.7 Å². The number of hydrogen-bond acceptors (Lipinski definition) is 12. The summed E-state index contributed by atoms with van der Waals surface area (Å²) in [7, 11) is 0. The molecule has 1 heterocycles. The van der Waals surface area contributed by atoms with Gasteiger partial charge in [0.15, 0.2) is 12.2 Å². The van der Waals surface area contributed by atoms with Gasteiger partial charge in [0.2, 0.25) is 5.52 Å². The Balaban J connectivity index is 1.24. The van der Waals surface area contributed by atoms with Gasteiger partial charge in [-0.05, 0) is 86.8 Å². The number of amides is 2. The first-order valence-electron chi connectivity index (χ1n) is 28.1. The summed E-state index contributed by atoms with van der Waals surface area (Å²) >= 11 is 13.2. The largest absolute Gasteiger partial charge is 0.464 e. The number of para-hydroxylation sites is 1. The number of ether oxygens (including phenoxy) is 4. The van der Waals surface area contributed by atoms with Gasteiger partial charge in [0.25, 0.3) is 0 Å². The number of esters is 4. The molecule has 0 saturated heterocycles. The maximum Gasteiger partial charge on any atom is 0.347 e. The number of unbranched alkanes of at least 4 members (excludes halogenated alkanes) is 18. The zero-order chi connectivity index (χ0) is 56.8. The lowest BCUT2D eigenvalue weighted by atomic mass is 10.1. The van der Waals surface area contributed by atoms with Crippen molar-refractivity contribution in [2.45, 2.75) is 181 Å². The number of benzene rings is 4. The lowest BCUT2D eigenvalue weighted by Gasteiger charge is -2.16. The summed E-state index contributed by atoms with van der Waals surface area (Å²) < 4.78 is 23.1. The van der Waals surface area contributed by atoms with Crippen LogP contribution in [0.2, 0.25) is 10.0 Å². The lowest BCUT2D eigenvalue weighted by Crippen LogP contribution is -2.53. The first kappa shape index (κ1) is 63.5. The van der Waals surface area contributed by atoms with Crippen molar-refractivity contribution in [3.05, 3.63) is 118 Å². The summed E-state index contributed by atoms with van der Waals surface area (Å²) in [6, 6.07) is 20.0. The van der Waals surface area contributed by atoms with E-state index in [0.29, 0.717) is 23.1 Å². The average molecular weight is 1130 g/mol. The Bertz CT molecular complexity index is 2720. The second kappa shape index (κ2) is 35.3. The molecule has 0 radical (unpaired) electrons. The van der Waals surface area contributed by atoms with E-state index in [1.165, 1.54) is 138 Å². The fraction of sp³-hybridized carbons (Fsp3) is 0.492. The minimum absolute atomic E-state index is 0.00919. The monoisotopic (exact) mass is 1130 g/mol. The average Bonchev–Trinajstić information content (AvgIpc) is 3.90. The molecule has 2 amide bonds. The highest BCUT2D eigenvalue weighted by atomic mass is 35.5. The van der Waals surface area contributed by atoms with E-state index >= 15 is 0 Å². The number of anilines is 2. The molecule has 0 aliphatic carbocycles. The lowest BCUT2D eigenvalue weighted by molar-refractivity contribution is -0.725. The summed E-state index contributed by atoms with van der Waals surface area (Å²) in [6.45, 7) is 7.68. The van der Waals surface area contributed by atoms with Gasteiger partial charge in [0.05, 0.1) is 57.3 Å². The third-order valence-corrected chi connectivity index (χ3v) is 13.9. The van der Waals surface area contributed by atoms with E-state index in [9.17, 15) is 28.8 Å². The minimum atomic E-state index is -1.76. The second-order valence-electron chi connectivity index (χ2n) is 19.8. The fourth-order valence-electron chi connectivity index (χ4n) is 8.62. The van der Waals surface area contributed by atoms with Gasteiger partial charge in [-0.1, -0.05) is 182 Å². The number of aromatic amines is 1. The van der Waals surface area contributed by atoms with Crippen LogP contribution in [0.1, 0.15) is 188 Å². The van der Waals surface area contributed by atoms with Crippen LogP contribution in [-0.4, -0.2) is 66.2 Å². The number of aromatic nitrogens is 2. The highest BCUT2D eigenvalue weighted by Gasteiger charge is 2.40. The van der Waals surface area contributed by atoms with Crippen LogP contribution < -0.4 is 20.1 Å². The van der Waals surface area contributed by atoms with Crippen LogP contribution in [0.5, 0.6) is 5.75 Å². The topological polar surface area (TPSA) is 202 Å². The van der Waals surface area contributed by atoms with E-state index in [0.717, 1.165) is 38.5 Å². The summed E-state index contributed by atoms with van der Waals surface area (Å²) in [6.07, 6.45) is 22.2. The van der Waals surface area contributed by atoms with Crippen LogP contribution >= 0.6 is 23.2 Å². The van der Waals surface area contributed by atoms with Crippen molar-refractivity contribution in [2.24, 2.45) is 0 Å².